The summed E-state index contributed by atoms with van der Waals surface area (Å²) in [6, 6.07) is 7.25. The maximum absolute atomic E-state index is 12.1. The zero-order valence-electron chi connectivity index (χ0n) is 12.5. The van der Waals surface area contributed by atoms with Crippen molar-refractivity contribution in [2.75, 3.05) is 6.54 Å². The van der Waals surface area contributed by atoms with Gasteiger partial charge in [-0.3, -0.25) is 19.1 Å². The average Bonchev–Trinajstić information content (AvgIpc) is 2.87. The Balaban J connectivity index is 1.71. The van der Waals surface area contributed by atoms with Gasteiger partial charge in [-0.25, -0.2) is 4.79 Å². The van der Waals surface area contributed by atoms with Gasteiger partial charge < -0.3 is 5.32 Å². The number of hydrogen-bond donors (Lipinski definition) is 1. The maximum Gasteiger partial charge on any atom is 0.325 e. The maximum atomic E-state index is 12.1. The van der Waals surface area contributed by atoms with Crippen LogP contribution in [0.3, 0.4) is 0 Å². The summed E-state index contributed by atoms with van der Waals surface area (Å²) in [6.45, 7) is 4.17. The first-order valence-corrected chi connectivity index (χ1v) is 7.94. The molecule has 0 atom stereocenters. The molecule has 1 aliphatic heterocycles. The number of rotatable bonds is 4. The second-order valence-corrected chi connectivity index (χ2v) is 6.85. The molecule has 7 heteroatoms. The van der Waals surface area contributed by atoms with E-state index in [1.54, 1.807) is 18.4 Å². The Morgan fingerprint density at radius 3 is 2.55 bits per heavy atom. The minimum absolute atomic E-state index is 0.0151. The van der Waals surface area contributed by atoms with Crippen LogP contribution < -0.4 is 10.2 Å². The number of aromatic nitrogens is 1. The van der Waals surface area contributed by atoms with Crippen molar-refractivity contribution in [2.24, 2.45) is 0 Å². The summed E-state index contributed by atoms with van der Waals surface area (Å²) in [4.78, 5) is 37.1. The molecule has 1 saturated heterocycles. The van der Waals surface area contributed by atoms with Crippen molar-refractivity contribution in [1.29, 1.82) is 0 Å². The summed E-state index contributed by atoms with van der Waals surface area (Å²) in [7, 11) is 0. The number of nitrogens with one attached hydrogen (secondary N) is 1. The third-order valence-corrected chi connectivity index (χ3v) is 4.74. The van der Waals surface area contributed by atoms with E-state index in [0.29, 0.717) is 19.5 Å². The topological polar surface area (TPSA) is 71.4 Å². The summed E-state index contributed by atoms with van der Waals surface area (Å²) in [6.07, 6.45) is 0.551. The third-order valence-electron chi connectivity index (χ3n) is 3.78. The molecule has 1 N–H and O–H groups in total. The van der Waals surface area contributed by atoms with E-state index in [1.807, 2.05) is 24.3 Å². The van der Waals surface area contributed by atoms with Gasteiger partial charge in [0.1, 0.15) is 5.54 Å². The summed E-state index contributed by atoms with van der Waals surface area (Å²) in [5.74, 6) is -0.222. The van der Waals surface area contributed by atoms with Crippen LogP contribution in [0.2, 0.25) is 0 Å². The molecule has 6 nitrogen and oxygen atoms in total. The van der Waals surface area contributed by atoms with Crippen molar-refractivity contribution in [3.63, 3.8) is 0 Å². The number of benzene rings is 1. The number of fused-ring (bicyclic) bond motifs is 1. The average molecular weight is 319 g/mol. The molecular formula is C15H17N3O3S. The number of urea groups is 1. The van der Waals surface area contributed by atoms with Gasteiger partial charge in [-0.15, -0.1) is 0 Å². The van der Waals surface area contributed by atoms with Crippen molar-refractivity contribution < 1.29 is 9.59 Å². The SMILES string of the molecule is CC1(C)NC(=O)N(CCCn2c(=O)sc3ccccc32)C1=O. The Labute approximate surface area is 131 Å². The predicted molar refractivity (Wildman–Crippen MR) is 85.0 cm³/mol. The molecular weight excluding hydrogens is 302 g/mol. The molecule has 0 radical (unpaired) electrons. The van der Waals surface area contributed by atoms with Crippen LogP contribution in [0.5, 0.6) is 0 Å². The normalized spacial score (nSPS) is 17.3. The van der Waals surface area contributed by atoms with Gasteiger partial charge in [-0.2, -0.15) is 0 Å². The zero-order chi connectivity index (χ0) is 15.9. The van der Waals surface area contributed by atoms with Crippen molar-refractivity contribution in [3.05, 3.63) is 33.9 Å². The minimum atomic E-state index is -0.844. The van der Waals surface area contributed by atoms with Crippen LogP contribution in [0.15, 0.2) is 29.1 Å². The van der Waals surface area contributed by atoms with Gasteiger partial charge >= 0.3 is 10.9 Å². The quantitative estimate of drug-likeness (QED) is 0.873. The van der Waals surface area contributed by atoms with Gasteiger partial charge in [0.15, 0.2) is 0 Å². The molecule has 0 saturated carbocycles. The fraction of sp³-hybridized carbons (Fsp3) is 0.400. The van der Waals surface area contributed by atoms with Crippen LogP contribution >= 0.6 is 11.3 Å². The van der Waals surface area contributed by atoms with E-state index in [0.717, 1.165) is 10.2 Å². The molecule has 2 aromatic rings. The molecule has 22 heavy (non-hydrogen) atoms. The minimum Gasteiger partial charge on any atom is -0.324 e. The molecule has 2 heterocycles. The van der Waals surface area contributed by atoms with Crippen molar-refractivity contribution in [1.82, 2.24) is 14.8 Å². The molecule has 1 aliphatic rings. The lowest BCUT2D eigenvalue weighted by Crippen LogP contribution is -2.40. The second kappa shape index (κ2) is 5.24. The van der Waals surface area contributed by atoms with E-state index in [1.165, 1.54) is 16.2 Å². The first kappa shape index (κ1) is 14.8. The molecule has 1 aromatic carbocycles. The van der Waals surface area contributed by atoms with Crippen LogP contribution in [-0.2, 0) is 11.3 Å². The van der Waals surface area contributed by atoms with Gasteiger partial charge in [0, 0.05) is 13.1 Å². The number of imide groups is 1. The summed E-state index contributed by atoms with van der Waals surface area (Å²) in [5, 5.41) is 2.65. The molecule has 116 valence electrons. The Bertz CT molecular complexity index is 806. The first-order valence-electron chi connectivity index (χ1n) is 7.12. The smallest absolute Gasteiger partial charge is 0.324 e. The highest BCUT2D eigenvalue weighted by atomic mass is 32.1. The molecule has 3 rings (SSSR count). The summed E-state index contributed by atoms with van der Waals surface area (Å²) in [5.41, 5.74) is 0.0539. The van der Waals surface area contributed by atoms with Gasteiger partial charge in [-0.05, 0) is 32.4 Å². The number of carbonyl (C=O) groups is 2. The predicted octanol–water partition coefficient (Wildman–Crippen LogP) is 1.78. The lowest BCUT2D eigenvalue weighted by molar-refractivity contribution is -0.130. The van der Waals surface area contributed by atoms with Gasteiger partial charge in [0.25, 0.3) is 5.91 Å². The van der Waals surface area contributed by atoms with Crippen LogP contribution in [0.4, 0.5) is 4.79 Å². The second-order valence-electron chi connectivity index (χ2n) is 5.85. The Morgan fingerprint density at radius 2 is 1.86 bits per heavy atom. The largest absolute Gasteiger partial charge is 0.325 e. The Kier molecular flexibility index (Phi) is 3.52. The molecule has 1 aromatic heterocycles. The number of aryl methyl sites for hydroxylation is 1. The summed E-state index contributed by atoms with van der Waals surface area (Å²) >= 11 is 1.21. The highest BCUT2D eigenvalue weighted by Crippen LogP contribution is 2.19. The monoisotopic (exact) mass is 319 g/mol. The van der Waals surface area contributed by atoms with E-state index in [9.17, 15) is 14.4 Å². The van der Waals surface area contributed by atoms with Crippen molar-refractivity contribution >= 4 is 33.5 Å². The van der Waals surface area contributed by atoms with Gasteiger partial charge in [0.05, 0.1) is 10.2 Å². The lowest BCUT2D eigenvalue weighted by Gasteiger charge is -2.16. The number of nitrogens with zero attached hydrogens (tertiary/aromatic N) is 2. The molecule has 0 bridgehead atoms. The van der Waals surface area contributed by atoms with Crippen molar-refractivity contribution in [3.8, 4) is 0 Å². The van der Waals surface area contributed by atoms with Gasteiger partial charge in [0.2, 0.25) is 0 Å². The zero-order valence-corrected chi connectivity index (χ0v) is 13.3. The fourth-order valence-electron chi connectivity index (χ4n) is 2.63. The highest BCUT2D eigenvalue weighted by Gasteiger charge is 2.43. The highest BCUT2D eigenvalue weighted by molar-refractivity contribution is 7.16. The number of hydrogen-bond acceptors (Lipinski definition) is 4. The number of thiazole rings is 1. The lowest BCUT2D eigenvalue weighted by atomic mass is 10.1. The molecule has 0 spiro atoms. The summed E-state index contributed by atoms with van der Waals surface area (Å²) < 4.78 is 2.65. The number of amides is 3. The van der Waals surface area contributed by atoms with Crippen LogP contribution in [0.25, 0.3) is 10.2 Å². The molecule has 0 unspecified atom stereocenters. The van der Waals surface area contributed by atoms with E-state index >= 15 is 0 Å². The Morgan fingerprint density at radius 1 is 1.14 bits per heavy atom. The van der Waals surface area contributed by atoms with Crippen LogP contribution in [0, 0.1) is 0 Å². The Hall–Kier alpha value is -2.15. The number of carbonyl (C=O) groups excluding carboxylic acids is 2. The third kappa shape index (κ3) is 2.41. The van der Waals surface area contributed by atoms with E-state index < -0.39 is 5.54 Å². The van der Waals surface area contributed by atoms with E-state index in [-0.39, 0.29) is 16.8 Å². The van der Waals surface area contributed by atoms with Crippen molar-refractivity contribution in [2.45, 2.75) is 32.4 Å². The van der Waals surface area contributed by atoms with Crippen LogP contribution in [0.1, 0.15) is 20.3 Å². The van der Waals surface area contributed by atoms with E-state index in [2.05, 4.69) is 5.32 Å². The molecule has 0 aliphatic carbocycles. The fourth-order valence-corrected chi connectivity index (χ4v) is 3.55. The molecule has 1 fully saturated rings. The van der Waals surface area contributed by atoms with Gasteiger partial charge in [-0.1, -0.05) is 23.5 Å². The standard InChI is InChI=1S/C15H17N3O3S/c1-15(2)12(19)18(13(20)16-15)9-5-8-17-10-6-3-4-7-11(10)22-14(17)21/h3-4,6-7H,5,8-9H2,1-2H3,(H,16,20). The number of para-hydroxylation sites is 1. The first-order chi connectivity index (χ1) is 10.4. The molecule has 3 amide bonds. The van der Waals surface area contributed by atoms with Crippen LogP contribution in [-0.4, -0.2) is 33.5 Å². The van der Waals surface area contributed by atoms with E-state index in [4.69, 9.17) is 0 Å².